The standard InChI is InChI=1S/C21H22ClNO2/c1-4-13-6-5-7-16(22)17(13)14-8-10-15(11-9-14)18-19(24)21(2,3)12-23-20(18)25/h5-11,18H,4,12H2,1-3H3,(H,23,25). The molecule has 0 aromatic heterocycles. The van der Waals surface area contributed by atoms with Gasteiger partial charge in [0, 0.05) is 22.5 Å². The Morgan fingerprint density at radius 3 is 2.44 bits per heavy atom. The van der Waals surface area contributed by atoms with Crippen molar-refractivity contribution >= 4 is 23.3 Å². The predicted octanol–water partition coefficient (Wildman–Crippen LogP) is 4.38. The smallest absolute Gasteiger partial charge is 0.235 e. The van der Waals surface area contributed by atoms with E-state index < -0.39 is 11.3 Å². The first-order valence-corrected chi connectivity index (χ1v) is 8.92. The third-order valence-corrected chi connectivity index (χ3v) is 5.22. The highest BCUT2D eigenvalue weighted by molar-refractivity contribution is 6.33. The number of aryl methyl sites for hydroxylation is 1. The van der Waals surface area contributed by atoms with Gasteiger partial charge in [0.15, 0.2) is 5.78 Å². The lowest BCUT2D eigenvalue weighted by Crippen LogP contribution is -2.51. The molecule has 130 valence electrons. The number of nitrogens with one attached hydrogen (secondary N) is 1. The Morgan fingerprint density at radius 2 is 1.80 bits per heavy atom. The number of halogens is 1. The van der Waals surface area contributed by atoms with Gasteiger partial charge in [-0.15, -0.1) is 0 Å². The molecule has 2 aromatic carbocycles. The van der Waals surface area contributed by atoms with Crippen LogP contribution in [-0.2, 0) is 16.0 Å². The van der Waals surface area contributed by atoms with Crippen LogP contribution in [0.15, 0.2) is 42.5 Å². The minimum Gasteiger partial charge on any atom is -0.354 e. The fourth-order valence-electron chi connectivity index (χ4n) is 3.34. The molecular weight excluding hydrogens is 334 g/mol. The van der Waals surface area contributed by atoms with Crippen molar-refractivity contribution in [2.45, 2.75) is 33.1 Å². The van der Waals surface area contributed by atoms with Crippen molar-refractivity contribution in [1.29, 1.82) is 0 Å². The minimum atomic E-state index is -0.741. The van der Waals surface area contributed by atoms with Crippen LogP contribution in [0.4, 0.5) is 0 Å². The van der Waals surface area contributed by atoms with Gasteiger partial charge in [-0.1, -0.05) is 68.8 Å². The maximum atomic E-state index is 12.7. The SMILES string of the molecule is CCc1cccc(Cl)c1-c1ccc(C2C(=O)NCC(C)(C)C2=O)cc1. The van der Waals surface area contributed by atoms with E-state index in [-0.39, 0.29) is 11.7 Å². The molecule has 1 aliphatic heterocycles. The van der Waals surface area contributed by atoms with Crippen molar-refractivity contribution in [1.82, 2.24) is 5.32 Å². The van der Waals surface area contributed by atoms with Crippen LogP contribution >= 0.6 is 11.6 Å². The molecule has 3 rings (SSSR count). The summed E-state index contributed by atoms with van der Waals surface area (Å²) < 4.78 is 0. The number of ketones is 1. The Hall–Kier alpha value is -2.13. The summed E-state index contributed by atoms with van der Waals surface area (Å²) in [6.07, 6.45) is 0.884. The van der Waals surface area contributed by atoms with E-state index in [9.17, 15) is 9.59 Å². The maximum Gasteiger partial charge on any atom is 0.235 e. The lowest BCUT2D eigenvalue weighted by molar-refractivity contribution is -0.139. The summed E-state index contributed by atoms with van der Waals surface area (Å²) in [6.45, 7) is 6.22. The Balaban J connectivity index is 1.98. The topological polar surface area (TPSA) is 46.2 Å². The molecule has 4 heteroatoms. The van der Waals surface area contributed by atoms with E-state index in [2.05, 4.69) is 18.3 Å². The molecule has 0 aliphatic carbocycles. The molecule has 1 fully saturated rings. The third kappa shape index (κ3) is 3.21. The number of Topliss-reactive ketones (excluding diaryl/α,β-unsaturated/α-hetero) is 1. The van der Waals surface area contributed by atoms with Crippen LogP contribution in [-0.4, -0.2) is 18.2 Å². The Bertz CT molecular complexity index is 824. The van der Waals surface area contributed by atoms with Crippen LogP contribution < -0.4 is 5.32 Å². The number of carbonyl (C=O) groups is 2. The van der Waals surface area contributed by atoms with Gasteiger partial charge in [0.25, 0.3) is 0 Å². The summed E-state index contributed by atoms with van der Waals surface area (Å²) in [5.74, 6) is -0.991. The number of rotatable bonds is 3. The van der Waals surface area contributed by atoms with Crippen LogP contribution in [0, 0.1) is 5.41 Å². The van der Waals surface area contributed by atoms with Gasteiger partial charge >= 0.3 is 0 Å². The maximum absolute atomic E-state index is 12.7. The molecule has 1 atom stereocenters. The van der Waals surface area contributed by atoms with Gasteiger partial charge in [0.05, 0.1) is 0 Å². The van der Waals surface area contributed by atoms with Crippen LogP contribution in [0.5, 0.6) is 0 Å². The fraction of sp³-hybridized carbons (Fsp3) is 0.333. The Kier molecular flexibility index (Phi) is 4.70. The second-order valence-electron chi connectivity index (χ2n) is 7.15. The van der Waals surface area contributed by atoms with Gasteiger partial charge in [0.1, 0.15) is 5.92 Å². The molecule has 3 nitrogen and oxygen atoms in total. The normalized spacial score (nSPS) is 19.6. The van der Waals surface area contributed by atoms with Gasteiger partial charge in [0.2, 0.25) is 5.91 Å². The summed E-state index contributed by atoms with van der Waals surface area (Å²) >= 11 is 6.40. The second kappa shape index (κ2) is 6.64. The van der Waals surface area contributed by atoms with Crippen LogP contribution in [0.2, 0.25) is 5.02 Å². The summed E-state index contributed by atoms with van der Waals surface area (Å²) in [7, 11) is 0. The first-order valence-electron chi connectivity index (χ1n) is 8.55. The number of piperidine rings is 1. The zero-order valence-corrected chi connectivity index (χ0v) is 15.5. The molecule has 0 saturated carbocycles. The van der Waals surface area contributed by atoms with E-state index in [1.807, 2.05) is 50.2 Å². The van der Waals surface area contributed by atoms with Gasteiger partial charge in [-0.2, -0.15) is 0 Å². The number of hydrogen-bond acceptors (Lipinski definition) is 2. The molecule has 1 unspecified atom stereocenters. The molecule has 0 spiro atoms. The number of amides is 1. The third-order valence-electron chi connectivity index (χ3n) is 4.91. The number of hydrogen-bond donors (Lipinski definition) is 1. The molecule has 1 N–H and O–H groups in total. The van der Waals surface area contributed by atoms with E-state index in [0.29, 0.717) is 11.6 Å². The summed E-state index contributed by atoms with van der Waals surface area (Å²) in [4.78, 5) is 24.9. The van der Waals surface area contributed by atoms with Gasteiger partial charge in [-0.3, -0.25) is 9.59 Å². The molecule has 1 heterocycles. The van der Waals surface area contributed by atoms with Crippen molar-refractivity contribution < 1.29 is 9.59 Å². The molecule has 1 amide bonds. The molecule has 1 aliphatic rings. The lowest BCUT2D eigenvalue weighted by atomic mass is 9.75. The van der Waals surface area contributed by atoms with Crippen molar-refractivity contribution in [2.75, 3.05) is 6.54 Å². The summed E-state index contributed by atoms with van der Waals surface area (Å²) in [5.41, 5.74) is 3.36. The van der Waals surface area contributed by atoms with E-state index in [4.69, 9.17) is 11.6 Å². The second-order valence-corrected chi connectivity index (χ2v) is 7.56. The van der Waals surface area contributed by atoms with E-state index in [0.717, 1.165) is 23.1 Å². The van der Waals surface area contributed by atoms with E-state index in [1.165, 1.54) is 5.56 Å². The van der Waals surface area contributed by atoms with Crippen molar-refractivity contribution in [3.8, 4) is 11.1 Å². The van der Waals surface area contributed by atoms with E-state index >= 15 is 0 Å². The van der Waals surface area contributed by atoms with E-state index in [1.54, 1.807) is 0 Å². The minimum absolute atomic E-state index is 0.0315. The molecule has 0 radical (unpaired) electrons. The quantitative estimate of drug-likeness (QED) is 0.830. The monoisotopic (exact) mass is 355 g/mol. The van der Waals surface area contributed by atoms with Gasteiger partial charge in [-0.25, -0.2) is 0 Å². The number of benzene rings is 2. The summed E-state index contributed by atoms with van der Waals surface area (Å²) in [5, 5.41) is 3.55. The van der Waals surface area contributed by atoms with Crippen molar-refractivity contribution in [3.63, 3.8) is 0 Å². The zero-order chi connectivity index (χ0) is 18.2. The highest BCUT2D eigenvalue weighted by Gasteiger charge is 2.42. The Labute approximate surface area is 153 Å². The van der Waals surface area contributed by atoms with Crippen LogP contribution in [0.3, 0.4) is 0 Å². The highest BCUT2D eigenvalue weighted by atomic mass is 35.5. The van der Waals surface area contributed by atoms with Crippen LogP contribution in [0.1, 0.15) is 37.8 Å². The molecular formula is C21H22ClNO2. The molecule has 2 aromatic rings. The zero-order valence-electron chi connectivity index (χ0n) is 14.7. The number of carbonyl (C=O) groups excluding carboxylic acids is 2. The first kappa shape index (κ1) is 17.7. The van der Waals surface area contributed by atoms with Crippen LogP contribution in [0.25, 0.3) is 11.1 Å². The van der Waals surface area contributed by atoms with Gasteiger partial charge in [-0.05, 0) is 29.2 Å². The molecule has 25 heavy (non-hydrogen) atoms. The van der Waals surface area contributed by atoms with Gasteiger partial charge < -0.3 is 5.32 Å². The summed E-state index contributed by atoms with van der Waals surface area (Å²) in [6, 6.07) is 13.5. The average Bonchev–Trinajstić information content (AvgIpc) is 2.59. The van der Waals surface area contributed by atoms with Crippen molar-refractivity contribution in [3.05, 3.63) is 58.6 Å². The van der Waals surface area contributed by atoms with Crippen molar-refractivity contribution in [2.24, 2.45) is 5.41 Å². The highest BCUT2D eigenvalue weighted by Crippen LogP contribution is 2.35. The largest absolute Gasteiger partial charge is 0.354 e. The predicted molar refractivity (Wildman–Crippen MR) is 101 cm³/mol. The molecule has 1 saturated heterocycles. The fourth-order valence-corrected chi connectivity index (χ4v) is 3.64. The lowest BCUT2D eigenvalue weighted by Gasteiger charge is -2.33. The molecule has 0 bridgehead atoms. The Morgan fingerprint density at radius 1 is 1.12 bits per heavy atom. The first-order chi connectivity index (χ1) is 11.8. The average molecular weight is 356 g/mol.